The number of benzene rings is 1. The van der Waals surface area contributed by atoms with Crippen LogP contribution in [-0.2, 0) is 0 Å². The molecule has 3 nitrogen and oxygen atoms in total. The normalized spacial score (nSPS) is 9.00. The molecule has 0 bridgehead atoms. The first-order valence-corrected chi connectivity index (χ1v) is 5.26. The molecule has 0 N–H and O–H groups in total. The molecule has 0 spiro atoms. The van der Waals surface area contributed by atoms with Crippen LogP contribution in [-0.4, -0.2) is 6.61 Å². The van der Waals surface area contributed by atoms with Crippen molar-refractivity contribution in [2.24, 2.45) is 0 Å². The first-order chi connectivity index (χ1) is 7.27. The Kier molecular flexibility index (Phi) is 4.66. The number of rotatable bonds is 4. The van der Waals surface area contributed by atoms with Crippen LogP contribution in [0.5, 0.6) is 5.75 Å². The summed E-state index contributed by atoms with van der Waals surface area (Å²) in [5, 5.41) is 17.2. The van der Waals surface area contributed by atoms with Crippen molar-refractivity contribution < 1.29 is 4.74 Å². The van der Waals surface area contributed by atoms with Crippen LogP contribution in [0.4, 0.5) is 0 Å². The molecule has 0 aliphatic rings. The lowest BCUT2D eigenvalue weighted by Crippen LogP contribution is -1.98. The van der Waals surface area contributed by atoms with Crippen molar-refractivity contribution in [1.82, 2.24) is 0 Å². The zero-order chi connectivity index (χ0) is 11.1. The fourth-order valence-corrected chi connectivity index (χ4v) is 1.41. The highest BCUT2D eigenvalue weighted by Crippen LogP contribution is 2.22. The number of unbranched alkanes of at least 4 members (excludes halogenated alkanes) is 1. The number of nitrogens with zero attached hydrogens (tertiary/aromatic N) is 2. The minimum atomic E-state index is 0.462. The fraction of sp³-hybridized carbons (Fsp3) is 0.273. The molecule has 0 aliphatic carbocycles. The molecule has 0 heterocycles. The van der Waals surface area contributed by atoms with Gasteiger partial charge in [-0.1, -0.05) is 15.9 Å². The Hall–Kier alpha value is -1.52. The molecule has 1 aromatic rings. The average molecular weight is 265 g/mol. The van der Waals surface area contributed by atoms with Gasteiger partial charge < -0.3 is 4.74 Å². The lowest BCUT2D eigenvalue weighted by Gasteiger charge is -2.06. The van der Waals surface area contributed by atoms with Crippen LogP contribution in [0.1, 0.15) is 18.4 Å². The van der Waals surface area contributed by atoms with Gasteiger partial charge in [0.15, 0.2) is 0 Å². The van der Waals surface area contributed by atoms with Crippen LogP contribution in [0.2, 0.25) is 0 Å². The molecule has 15 heavy (non-hydrogen) atoms. The topological polar surface area (TPSA) is 56.8 Å². The van der Waals surface area contributed by atoms with Gasteiger partial charge in [-0.15, -0.1) is 0 Å². The molecule has 0 aliphatic heterocycles. The van der Waals surface area contributed by atoms with Crippen LogP contribution >= 0.6 is 15.9 Å². The molecular formula is C11H9BrN2O. The molecule has 0 saturated carbocycles. The van der Waals surface area contributed by atoms with E-state index in [1.807, 2.05) is 12.1 Å². The molecule has 0 amide bonds. The second kappa shape index (κ2) is 6.06. The molecule has 4 heteroatoms. The standard InChI is InChI=1S/C11H9BrN2O/c12-10-3-4-11(9(7-10)8-14)15-6-2-1-5-13/h3-4,7H,1-2,6H2. The summed E-state index contributed by atoms with van der Waals surface area (Å²) < 4.78 is 6.24. The monoisotopic (exact) mass is 264 g/mol. The minimum absolute atomic E-state index is 0.462. The zero-order valence-corrected chi connectivity index (χ0v) is 9.62. The van der Waals surface area contributed by atoms with Crippen LogP contribution in [0.25, 0.3) is 0 Å². The van der Waals surface area contributed by atoms with Crippen LogP contribution in [0.3, 0.4) is 0 Å². The summed E-state index contributed by atoms with van der Waals surface area (Å²) in [7, 11) is 0. The smallest absolute Gasteiger partial charge is 0.137 e. The first-order valence-electron chi connectivity index (χ1n) is 4.47. The number of nitriles is 2. The van der Waals surface area contributed by atoms with E-state index in [9.17, 15) is 0 Å². The molecule has 0 aromatic heterocycles. The first kappa shape index (κ1) is 11.6. The van der Waals surface area contributed by atoms with Crippen molar-refractivity contribution >= 4 is 15.9 Å². The third kappa shape index (κ3) is 3.61. The Morgan fingerprint density at radius 2 is 2.13 bits per heavy atom. The van der Waals surface area contributed by atoms with Gasteiger partial charge in [-0.2, -0.15) is 10.5 Å². The van der Waals surface area contributed by atoms with Gasteiger partial charge in [-0.3, -0.25) is 0 Å². The predicted octanol–water partition coefficient (Wildman–Crippen LogP) is 3.00. The van der Waals surface area contributed by atoms with E-state index in [2.05, 4.69) is 22.0 Å². The Labute approximate surface area is 97.0 Å². The maximum absolute atomic E-state index is 8.84. The molecule has 1 aromatic carbocycles. The van der Waals surface area contributed by atoms with E-state index in [0.29, 0.717) is 30.8 Å². The largest absolute Gasteiger partial charge is 0.492 e. The van der Waals surface area contributed by atoms with Gasteiger partial charge in [-0.25, -0.2) is 0 Å². The van der Waals surface area contributed by atoms with Crippen molar-refractivity contribution in [2.45, 2.75) is 12.8 Å². The third-order valence-corrected chi connectivity index (χ3v) is 2.25. The van der Waals surface area contributed by atoms with E-state index in [0.717, 1.165) is 4.47 Å². The van der Waals surface area contributed by atoms with Gasteiger partial charge in [0.25, 0.3) is 0 Å². The van der Waals surface area contributed by atoms with Crippen molar-refractivity contribution in [3.05, 3.63) is 28.2 Å². The Morgan fingerprint density at radius 1 is 1.33 bits per heavy atom. The maximum atomic E-state index is 8.84. The lowest BCUT2D eigenvalue weighted by atomic mass is 10.2. The summed E-state index contributed by atoms with van der Waals surface area (Å²) in [6, 6.07) is 9.37. The van der Waals surface area contributed by atoms with Crippen molar-refractivity contribution in [3.63, 3.8) is 0 Å². The van der Waals surface area contributed by atoms with Gasteiger partial charge in [0, 0.05) is 10.9 Å². The van der Waals surface area contributed by atoms with E-state index in [1.54, 1.807) is 12.1 Å². The summed E-state index contributed by atoms with van der Waals surface area (Å²) in [4.78, 5) is 0. The number of hydrogen-bond donors (Lipinski definition) is 0. The van der Waals surface area contributed by atoms with Gasteiger partial charge >= 0.3 is 0 Å². The van der Waals surface area contributed by atoms with Gasteiger partial charge in [0.2, 0.25) is 0 Å². The van der Waals surface area contributed by atoms with E-state index in [4.69, 9.17) is 15.3 Å². The Bertz CT molecular complexity index is 418. The predicted molar refractivity (Wildman–Crippen MR) is 59.2 cm³/mol. The summed E-state index contributed by atoms with van der Waals surface area (Å²) in [6.07, 6.45) is 1.15. The molecule has 0 saturated heterocycles. The highest BCUT2D eigenvalue weighted by Gasteiger charge is 2.03. The second-order valence-electron chi connectivity index (χ2n) is 2.86. The van der Waals surface area contributed by atoms with Crippen molar-refractivity contribution in [3.8, 4) is 17.9 Å². The highest BCUT2D eigenvalue weighted by molar-refractivity contribution is 9.10. The highest BCUT2D eigenvalue weighted by atomic mass is 79.9. The molecule has 0 fully saturated rings. The molecule has 0 radical (unpaired) electrons. The van der Waals surface area contributed by atoms with Gasteiger partial charge in [-0.05, 0) is 24.6 Å². The van der Waals surface area contributed by atoms with Crippen molar-refractivity contribution in [1.29, 1.82) is 10.5 Å². The van der Waals surface area contributed by atoms with E-state index in [1.165, 1.54) is 0 Å². The second-order valence-corrected chi connectivity index (χ2v) is 3.78. The van der Waals surface area contributed by atoms with Crippen molar-refractivity contribution in [2.75, 3.05) is 6.61 Å². The van der Waals surface area contributed by atoms with Crippen LogP contribution in [0.15, 0.2) is 22.7 Å². The quantitative estimate of drug-likeness (QED) is 0.786. The molecule has 1 rings (SSSR count). The third-order valence-electron chi connectivity index (χ3n) is 1.75. The molecule has 0 atom stereocenters. The summed E-state index contributed by atoms with van der Waals surface area (Å²) in [5.74, 6) is 0.568. The van der Waals surface area contributed by atoms with Crippen LogP contribution in [0, 0.1) is 22.7 Å². The van der Waals surface area contributed by atoms with Gasteiger partial charge in [0.1, 0.15) is 11.8 Å². The molecule has 76 valence electrons. The number of ether oxygens (including phenoxy) is 1. The van der Waals surface area contributed by atoms with Crippen LogP contribution < -0.4 is 4.74 Å². The van der Waals surface area contributed by atoms with Gasteiger partial charge in [0.05, 0.1) is 18.2 Å². The fourth-order valence-electron chi connectivity index (χ4n) is 1.05. The van der Waals surface area contributed by atoms with E-state index < -0.39 is 0 Å². The SMILES string of the molecule is N#CCCCOc1ccc(Br)cc1C#N. The molecular weight excluding hydrogens is 256 g/mol. The minimum Gasteiger partial charge on any atom is -0.492 e. The Balaban J connectivity index is 2.62. The molecule has 0 unspecified atom stereocenters. The van der Waals surface area contributed by atoms with E-state index >= 15 is 0 Å². The summed E-state index contributed by atoms with van der Waals surface area (Å²) in [6.45, 7) is 0.462. The lowest BCUT2D eigenvalue weighted by molar-refractivity contribution is 0.312. The van der Waals surface area contributed by atoms with E-state index in [-0.39, 0.29) is 0 Å². The number of halogens is 1. The number of hydrogen-bond acceptors (Lipinski definition) is 3. The average Bonchev–Trinajstić information content (AvgIpc) is 2.26. The zero-order valence-electron chi connectivity index (χ0n) is 8.03. The Morgan fingerprint density at radius 3 is 2.80 bits per heavy atom. The maximum Gasteiger partial charge on any atom is 0.137 e. The summed E-state index contributed by atoms with van der Waals surface area (Å²) in [5.41, 5.74) is 0.501. The summed E-state index contributed by atoms with van der Waals surface area (Å²) >= 11 is 3.28.